The van der Waals surface area contributed by atoms with Crippen LogP contribution in [0.5, 0.6) is 0 Å². The fraction of sp³-hybridized carbons (Fsp3) is 0.0667. The lowest BCUT2D eigenvalue weighted by Crippen LogP contribution is -2.13. The van der Waals surface area contributed by atoms with E-state index in [1.807, 2.05) is 19.1 Å². The molecule has 0 spiro atoms. The van der Waals surface area contributed by atoms with Crippen LogP contribution >= 0.6 is 0 Å². The Morgan fingerprint density at radius 3 is 2.57 bits per heavy atom. The number of non-ortho nitro benzene ring substituents is 1. The van der Waals surface area contributed by atoms with E-state index in [0.717, 1.165) is 5.56 Å². The van der Waals surface area contributed by atoms with E-state index < -0.39 is 4.92 Å². The molecular weight excluding hydrogens is 270 g/mol. The number of fused-ring (bicyclic) bond motifs is 1. The van der Waals surface area contributed by atoms with Gasteiger partial charge in [-0.2, -0.15) is 9.78 Å². The van der Waals surface area contributed by atoms with Crippen molar-refractivity contribution in [3.8, 4) is 0 Å². The van der Waals surface area contributed by atoms with Gasteiger partial charge in [-0.15, -0.1) is 0 Å². The summed E-state index contributed by atoms with van der Waals surface area (Å²) in [5.41, 5.74) is 2.10. The van der Waals surface area contributed by atoms with Crippen molar-refractivity contribution in [1.29, 1.82) is 0 Å². The maximum atomic E-state index is 12.4. The number of aryl methyl sites for hydroxylation is 1. The second kappa shape index (κ2) is 4.82. The molecule has 21 heavy (non-hydrogen) atoms. The van der Waals surface area contributed by atoms with Crippen molar-refractivity contribution < 1.29 is 9.72 Å². The van der Waals surface area contributed by atoms with Gasteiger partial charge < -0.3 is 0 Å². The fourth-order valence-corrected chi connectivity index (χ4v) is 2.11. The predicted octanol–water partition coefficient (Wildman–Crippen LogP) is 2.94. The van der Waals surface area contributed by atoms with Gasteiger partial charge in [-0.3, -0.25) is 14.9 Å². The minimum atomic E-state index is -0.474. The zero-order valence-corrected chi connectivity index (χ0v) is 11.2. The lowest BCUT2D eigenvalue weighted by Gasteiger charge is -2.03. The van der Waals surface area contributed by atoms with Crippen LogP contribution in [0, 0.1) is 17.0 Å². The molecule has 0 N–H and O–H groups in total. The quantitative estimate of drug-likeness (QED) is 0.534. The van der Waals surface area contributed by atoms with Gasteiger partial charge in [0.25, 0.3) is 11.6 Å². The third-order valence-electron chi connectivity index (χ3n) is 3.25. The molecule has 0 unspecified atom stereocenters. The van der Waals surface area contributed by atoms with Crippen LogP contribution < -0.4 is 0 Å². The van der Waals surface area contributed by atoms with Crippen LogP contribution in [0.3, 0.4) is 0 Å². The molecule has 0 saturated heterocycles. The van der Waals surface area contributed by atoms with Gasteiger partial charge in [0, 0.05) is 23.1 Å². The molecule has 0 amide bonds. The van der Waals surface area contributed by atoms with Gasteiger partial charge in [-0.1, -0.05) is 17.7 Å². The van der Waals surface area contributed by atoms with E-state index in [9.17, 15) is 14.9 Å². The van der Waals surface area contributed by atoms with Crippen molar-refractivity contribution in [3.63, 3.8) is 0 Å². The van der Waals surface area contributed by atoms with Crippen molar-refractivity contribution in [2.24, 2.45) is 0 Å². The Morgan fingerprint density at radius 2 is 1.90 bits per heavy atom. The van der Waals surface area contributed by atoms with Crippen LogP contribution in [0.4, 0.5) is 5.69 Å². The maximum Gasteiger partial charge on any atom is 0.278 e. The second-order valence-electron chi connectivity index (χ2n) is 4.73. The highest BCUT2D eigenvalue weighted by molar-refractivity contribution is 6.01. The summed E-state index contributed by atoms with van der Waals surface area (Å²) in [7, 11) is 0. The van der Waals surface area contributed by atoms with Crippen molar-refractivity contribution in [2.45, 2.75) is 6.92 Å². The van der Waals surface area contributed by atoms with E-state index in [1.54, 1.807) is 12.1 Å². The summed E-state index contributed by atoms with van der Waals surface area (Å²) in [6, 6.07) is 11.5. The van der Waals surface area contributed by atoms with Crippen LogP contribution in [-0.4, -0.2) is 20.6 Å². The first-order valence-corrected chi connectivity index (χ1v) is 6.30. The predicted molar refractivity (Wildman–Crippen MR) is 77.3 cm³/mol. The number of nitro benzene ring substituents is 1. The molecule has 3 rings (SSSR count). The minimum absolute atomic E-state index is 0.0233. The molecule has 0 aliphatic carbocycles. The number of carbonyl (C=O) groups is 1. The molecule has 1 heterocycles. The number of carbonyl (C=O) groups excluding carboxylic acids is 1. The molecule has 0 bridgehead atoms. The van der Waals surface area contributed by atoms with Crippen molar-refractivity contribution >= 4 is 22.5 Å². The van der Waals surface area contributed by atoms with E-state index in [2.05, 4.69) is 5.10 Å². The third-order valence-corrected chi connectivity index (χ3v) is 3.25. The number of rotatable bonds is 2. The molecule has 0 radical (unpaired) electrons. The molecule has 2 aromatic carbocycles. The highest BCUT2D eigenvalue weighted by Crippen LogP contribution is 2.21. The van der Waals surface area contributed by atoms with Crippen molar-refractivity contribution in [2.75, 3.05) is 0 Å². The summed E-state index contributed by atoms with van der Waals surface area (Å²) in [6.45, 7) is 1.94. The standard InChI is InChI=1S/C15H11N3O3/c1-10-2-4-11(5-3-10)15(19)17-14-7-6-13(18(20)21)8-12(14)9-16-17/h2-9H,1H3. The van der Waals surface area contributed by atoms with Gasteiger partial charge in [0.1, 0.15) is 0 Å². The molecule has 104 valence electrons. The number of nitro groups is 1. The zero-order chi connectivity index (χ0) is 15.0. The molecule has 6 nitrogen and oxygen atoms in total. The first kappa shape index (κ1) is 13.0. The summed E-state index contributed by atoms with van der Waals surface area (Å²) in [5.74, 6) is -0.265. The second-order valence-corrected chi connectivity index (χ2v) is 4.73. The van der Waals surface area contributed by atoms with E-state index >= 15 is 0 Å². The Hall–Kier alpha value is -3.02. The molecule has 0 atom stereocenters. The van der Waals surface area contributed by atoms with Gasteiger partial charge in [-0.05, 0) is 25.1 Å². The van der Waals surface area contributed by atoms with Crippen LogP contribution in [0.25, 0.3) is 10.9 Å². The SMILES string of the molecule is Cc1ccc(C(=O)n2ncc3cc([N+](=O)[O-])ccc32)cc1. The smallest absolute Gasteiger partial charge is 0.267 e. The monoisotopic (exact) mass is 281 g/mol. The van der Waals surface area contributed by atoms with Crippen LogP contribution in [0.2, 0.25) is 0 Å². The molecule has 3 aromatic rings. The Bertz CT molecular complexity index is 850. The van der Waals surface area contributed by atoms with Gasteiger partial charge in [-0.25, -0.2) is 0 Å². The van der Waals surface area contributed by atoms with Crippen molar-refractivity contribution in [3.05, 3.63) is 69.9 Å². The lowest BCUT2D eigenvalue weighted by atomic mass is 10.1. The van der Waals surface area contributed by atoms with Crippen LogP contribution in [0.1, 0.15) is 15.9 Å². The van der Waals surface area contributed by atoms with Gasteiger partial charge in [0.2, 0.25) is 0 Å². The average molecular weight is 281 g/mol. The summed E-state index contributed by atoms with van der Waals surface area (Å²) < 4.78 is 1.25. The van der Waals surface area contributed by atoms with Crippen LogP contribution in [-0.2, 0) is 0 Å². The number of aromatic nitrogens is 2. The number of benzene rings is 2. The van der Waals surface area contributed by atoms with E-state index in [0.29, 0.717) is 16.5 Å². The Labute approximate surface area is 119 Å². The summed E-state index contributed by atoms with van der Waals surface area (Å²) in [4.78, 5) is 22.7. The Balaban J connectivity index is 2.06. The first-order chi connectivity index (χ1) is 10.1. The summed E-state index contributed by atoms with van der Waals surface area (Å²) in [5, 5.41) is 15.3. The Morgan fingerprint density at radius 1 is 1.19 bits per heavy atom. The highest BCUT2D eigenvalue weighted by atomic mass is 16.6. The largest absolute Gasteiger partial charge is 0.278 e. The lowest BCUT2D eigenvalue weighted by molar-refractivity contribution is -0.384. The average Bonchev–Trinajstić information content (AvgIpc) is 2.90. The third kappa shape index (κ3) is 2.27. The maximum absolute atomic E-state index is 12.4. The van der Waals surface area contributed by atoms with E-state index in [1.165, 1.54) is 29.1 Å². The number of hydrogen-bond donors (Lipinski definition) is 0. The molecule has 0 aliphatic heterocycles. The minimum Gasteiger partial charge on any atom is -0.267 e. The molecular formula is C15H11N3O3. The molecule has 1 aromatic heterocycles. The molecule has 6 heteroatoms. The van der Waals surface area contributed by atoms with E-state index in [4.69, 9.17) is 0 Å². The molecule has 0 fully saturated rings. The number of hydrogen-bond acceptors (Lipinski definition) is 4. The molecule has 0 saturated carbocycles. The molecule has 0 aliphatic rings. The normalized spacial score (nSPS) is 10.7. The van der Waals surface area contributed by atoms with Gasteiger partial charge >= 0.3 is 0 Å². The topological polar surface area (TPSA) is 78.0 Å². The summed E-state index contributed by atoms with van der Waals surface area (Å²) in [6.07, 6.45) is 1.45. The van der Waals surface area contributed by atoms with E-state index in [-0.39, 0.29) is 11.6 Å². The van der Waals surface area contributed by atoms with Gasteiger partial charge in [0.05, 0.1) is 16.6 Å². The highest BCUT2D eigenvalue weighted by Gasteiger charge is 2.15. The number of nitrogens with zero attached hydrogens (tertiary/aromatic N) is 3. The Kier molecular flexibility index (Phi) is 2.98. The van der Waals surface area contributed by atoms with Crippen LogP contribution in [0.15, 0.2) is 48.7 Å². The summed E-state index contributed by atoms with van der Waals surface area (Å²) >= 11 is 0. The first-order valence-electron chi connectivity index (χ1n) is 6.30. The zero-order valence-electron chi connectivity index (χ0n) is 11.2. The van der Waals surface area contributed by atoms with Gasteiger partial charge in [0.15, 0.2) is 0 Å². The van der Waals surface area contributed by atoms with Crippen molar-refractivity contribution in [1.82, 2.24) is 9.78 Å². The fourth-order valence-electron chi connectivity index (χ4n) is 2.11.